The van der Waals surface area contributed by atoms with E-state index in [1.54, 1.807) is 0 Å². The molecule has 46 heavy (non-hydrogen) atoms. The molecule has 9 rings (SSSR count). The summed E-state index contributed by atoms with van der Waals surface area (Å²) in [5.74, 6) is 0. The van der Waals surface area contributed by atoms with E-state index in [4.69, 9.17) is 0 Å². The van der Waals surface area contributed by atoms with Crippen LogP contribution in [0.25, 0.3) is 82.9 Å². The number of fused-ring (bicyclic) bond motifs is 5. The average molecular weight is 585 g/mol. The molecule has 8 aromatic rings. The maximum absolute atomic E-state index is 2.46. The number of allylic oxidation sites excluding steroid dienone is 1. The van der Waals surface area contributed by atoms with Crippen LogP contribution in [0.15, 0.2) is 164 Å². The van der Waals surface area contributed by atoms with E-state index < -0.39 is 0 Å². The van der Waals surface area contributed by atoms with Gasteiger partial charge in [0.15, 0.2) is 0 Å². The predicted molar refractivity (Wildman–Crippen MR) is 198 cm³/mol. The van der Waals surface area contributed by atoms with Crippen molar-refractivity contribution in [1.82, 2.24) is 0 Å². The lowest BCUT2D eigenvalue weighted by atomic mass is 9.82. The fourth-order valence-corrected chi connectivity index (χ4v) is 7.60. The molecule has 0 amide bonds. The predicted octanol–water partition coefficient (Wildman–Crippen LogP) is 12.8. The molecule has 0 heterocycles. The van der Waals surface area contributed by atoms with Crippen molar-refractivity contribution in [3.63, 3.8) is 0 Å². The second kappa shape index (κ2) is 11.0. The monoisotopic (exact) mass is 584 g/mol. The average Bonchev–Trinajstić information content (AvgIpc) is 3.14. The fourth-order valence-electron chi connectivity index (χ4n) is 7.60. The third kappa shape index (κ3) is 4.37. The zero-order valence-electron chi connectivity index (χ0n) is 25.6. The largest absolute Gasteiger partial charge is 0.0836 e. The standard InChI is InChI=1S/C46H32/c1-3-13-31(14-4-1)32-23-25-34(26-24-32)45-40-21-11-12-22-41(40)46(33-15-5-2-6-16-33)44-30-36(27-28-42(44)45)43-29-35-17-7-8-18-37(35)38-19-9-10-20-39(38)43/h1-8,10-18,20-30H,9,19H2. The van der Waals surface area contributed by atoms with Gasteiger partial charge in [0.1, 0.15) is 0 Å². The highest BCUT2D eigenvalue weighted by molar-refractivity contribution is 6.22. The lowest BCUT2D eigenvalue weighted by Gasteiger charge is -2.21. The van der Waals surface area contributed by atoms with Crippen molar-refractivity contribution in [1.29, 1.82) is 0 Å². The Morgan fingerprint density at radius 2 is 0.891 bits per heavy atom. The van der Waals surface area contributed by atoms with Gasteiger partial charge in [-0.2, -0.15) is 0 Å². The van der Waals surface area contributed by atoms with Crippen LogP contribution in [0.5, 0.6) is 0 Å². The zero-order valence-corrected chi connectivity index (χ0v) is 25.6. The number of aryl methyl sites for hydroxylation is 1. The van der Waals surface area contributed by atoms with Gasteiger partial charge in [-0.25, -0.2) is 0 Å². The van der Waals surface area contributed by atoms with Gasteiger partial charge >= 0.3 is 0 Å². The van der Waals surface area contributed by atoms with Crippen LogP contribution < -0.4 is 0 Å². The fraction of sp³-hybridized carbons (Fsp3) is 0.0435. The van der Waals surface area contributed by atoms with Gasteiger partial charge in [-0.15, -0.1) is 0 Å². The minimum atomic E-state index is 1.08. The SMILES string of the molecule is C1=Cc2c(-c3ccc4c(-c5ccc(-c6ccccc6)cc5)c5ccccc5c(-c5ccccc5)c4c3)cc3ccccc3c2CC1. The molecule has 216 valence electrons. The van der Waals surface area contributed by atoms with Crippen molar-refractivity contribution in [2.75, 3.05) is 0 Å². The van der Waals surface area contributed by atoms with E-state index in [0.717, 1.165) is 12.8 Å². The number of benzene rings is 8. The van der Waals surface area contributed by atoms with Crippen molar-refractivity contribution in [2.45, 2.75) is 12.8 Å². The third-order valence-corrected chi connectivity index (χ3v) is 9.72. The topological polar surface area (TPSA) is 0 Å². The van der Waals surface area contributed by atoms with Crippen LogP contribution in [0.3, 0.4) is 0 Å². The molecule has 0 radical (unpaired) electrons. The van der Waals surface area contributed by atoms with Crippen molar-refractivity contribution >= 4 is 38.4 Å². The Morgan fingerprint density at radius 1 is 0.370 bits per heavy atom. The van der Waals surface area contributed by atoms with E-state index in [-0.39, 0.29) is 0 Å². The van der Waals surface area contributed by atoms with Gasteiger partial charge in [0.2, 0.25) is 0 Å². The summed E-state index contributed by atoms with van der Waals surface area (Å²) >= 11 is 0. The Balaban J connectivity index is 1.34. The first-order chi connectivity index (χ1) is 22.8. The Labute approximate surface area is 269 Å². The summed E-state index contributed by atoms with van der Waals surface area (Å²) in [6.07, 6.45) is 6.86. The summed E-state index contributed by atoms with van der Waals surface area (Å²) in [5, 5.41) is 7.81. The Kier molecular flexibility index (Phi) is 6.39. The van der Waals surface area contributed by atoms with Crippen LogP contribution in [-0.4, -0.2) is 0 Å². The van der Waals surface area contributed by atoms with E-state index in [2.05, 4.69) is 170 Å². The zero-order chi connectivity index (χ0) is 30.5. The molecule has 0 bridgehead atoms. The van der Waals surface area contributed by atoms with Gasteiger partial charge in [-0.1, -0.05) is 158 Å². The molecule has 0 nitrogen and oxygen atoms in total. The molecular formula is C46H32. The minimum Gasteiger partial charge on any atom is -0.0836 e. The molecule has 1 aliphatic rings. The highest BCUT2D eigenvalue weighted by Crippen LogP contribution is 2.46. The highest BCUT2D eigenvalue weighted by Gasteiger charge is 2.20. The molecule has 1 aliphatic carbocycles. The van der Waals surface area contributed by atoms with Crippen molar-refractivity contribution in [3.05, 3.63) is 175 Å². The molecule has 0 unspecified atom stereocenters. The Morgan fingerprint density at radius 3 is 1.63 bits per heavy atom. The summed E-state index contributed by atoms with van der Waals surface area (Å²) in [4.78, 5) is 0. The van der Waals surface area contributed by atoms with Gasteiger partial charge < -0.3 is 0 Å². The van der Waals surface area contributed by atoms with Crippen LogP contribution in [0, 0.1) is 0 Å². The van der Waals surface area contributed by atoms with Crippen LogP contribution in [0.4, 0.5) is 0 Å². The third-order valence-electron chi connectivity index (χ3n) is 9.72. The summed E-state index contributed by atoms with van der Waals surface area (Å²) in [7, 11) is 0. The lowest BCUT2D eigenvalue weighted by Crippen LogP contribution is -1.99. The molecule has 0 fully saturated rings. The van der Waals surface area contributed by atoms with Gasteiger partial charge in [-0.05, 0) is 113 Å². The summed E-state index contributed by atoms with van der Waals surface area (Å²) in [6, 6.07) is 58.1. The molecule has 0 aromatic heterocycles. The maximum atomic E-state index is 2.46. The Hall–Kier alpha value is -5.72. The number of hydrogen-bond acceptors (Lipinski definition) is 0. The smallest absolute Gasteiger partial charge is 0.00262 e. The molecule has 8 aromatic carbocycles. The van der Waals surface area contributed by atoms with Crippen molar-refractivity contribution in [3.8, 4) is 44.5 Å². The van der Waals surface area contributed by atoms with Crippen LogP contribution in [0.1, 0.15) is 17.5 Å². The number of hydrogen-bond donors (Lipinski definition) is 0. The molecule has 0 saturated heterocycles. The molecule has 0 atom stereocenters. The van der Waals surface area contributed by atoms with Crippen LogP contribution in [-0.2, 0) is 6.42 Å². The van der Waals surface area contributed by atoms with Gasteiger partial charge in [-0.3, -0.25) is 0 Å². The van der Waals surface area contributed by atoms with Crippen LogP contribution in [0.2, 0.25) is 0 Å². The first-order valence-corrected chi connectivity index (χ1v) is 16.2. The molecule has 0 saturated carbocycles. The van der Waals surface area contributed by atoms with Gasteiger partial charge in [0.05, 0.1) is 0 Å². The molecule has 0 heteroatoms. The van der Waals surface area contributed by atoms with E-state index in [1.165, 1.54) is 88.0 Å². The first-order valence-electron chi connectivity index (χ1n) is 16.2. The van der Waals surface area contributed by atoms with Crippen molar-refractivity contribution in [2.24, 2.45) is 0 Å². The molecule has 0 aliphatic heterocycles. The molecular weight excluding hydrogens is 553 g/mol. The lowest BCUT2D eigenvalue weighted by molar-refractivity contribution is 0.998. The van der Waals surface area contributed by atoms with Crippen molar-refractivity contribution < 1.29 is 0 Å². The highest BCUT2D eigenvalue weighted by atomic mass is 14.2. The second-order valence-corrected chi connectivity index (χ2v) is 12.3. The van der Waals surface area contributed by atoms with Gasteiger partial charge in [0.25, 0.3) is 0 Å². The summed E-state index contributed by atoms with van der Waals surface area (Å²) in [6.45, 7) is 0. The van der Waals surface area contributed by atoms with E-state index in [1.807, 2.05) is 0 Å². The van der Waals surface area contributed by atoms with Gasteiger partial charge in [0, 0.05) is 0 Å². The van der Waals surface area contributed by atoms with E-state index >= 15 is 0 Å². The first kappa shape index (κ1) is 26.7. The van der Waals surface area contributed by atoms with Crippen LogP contribution >= 0.6 is 0 Å². The Bertz CT molecular complexity index is 2430. The quantitative estimate of drug-likeness (QED) is 0.181. The van der Waals surface area contributed by atoms with E-state index in [9.17, 15) is 0 Å². The summed E-state index contributed by atoms with van der Waals surface area (Å²) < 4.78 is 0. The maximum Gasteiger partial charge on any atom is -0.00262 e. The molecule has 0 spiro atoms. The summed E-state index contributed by atoms with van der Waals surface area (Å²) in [5.41, 5.74) is 12.9. The minimum absolute atomic E-state index is 1.08. The van der Waals surface area contributed by atoms with E-state index in [0.29, 0.717) is 0 Å². The second-order valence-electron chi connectivity index (χ2n) is 12.3. The normalized spacial score (nSPS) is 12.5. The molecule has 0 N–H and O–H groups in total. The number of rotatable bonds is 4.